The van der Waals surface area contributed by atoms with Gasteiger partial charge in [0, 0.05) is 53.4 Å². The maximum Gasteiger partial charge on any atom is 0.270 e. The molecule has 2 aliphatic rings. The van der Waals surface area contributed by atoms with Crippen molar-refractivity contribution in [1.29, 1.82) is 0 Å². The molecule has 40 heavy (non-hydrogen) atoms. The molecule has 4 aromatic rings. The van der Waals surface area contributed by atoms with Gasteiger partial charge in [0.1, 0.15) is 7.05 Å². The third-order valence-electron chi connectivity index (χ3n) is 8.89. The van der Waals surface area contributed by atoms with Crippen LogP contribution in [0.2, 0.25) is 0 Å². The average Bonchev–Trinajstić information content (AvgIpc) is 3.27. The maximum atomic E-state index is 11.5. The van der Waals surface area contributed by atoms with Crippen LogP contribution in [0.3, 0.4) is 0 Å². The standard InChI is InChI=1S/C35H34N3O2/c1-34(2)29-22-26(38(39)40)19-21-30(29)36(4)31(34)16-11-17-32-35(3,23-24-12-7-6-8-13-24)28-20-18-25-14-9-10-15-27(25)33(28)37(32)5/h6-22H,23H2,1-5H3/q+1. The largest absolute Gasteiger partial charge is 0.347 e. The van der Waals surface area contributed by atoms with Crippen molar-refractivity contribution in [3.05, 3.63) is 136 Å². The molecule has 0 aliphatic carbocycles. The number of fused-ring (bicyclic) bond motifs is 4. The number of nitrogens with zero attached hydrogens (tertiary/aromatic N) is 3. The lowest BCUT2D eigenvalue weighted by atomic mass is 9.76. The van der Waals surface area contributed by atoms with E-state index in [-0.39, 0.29) is 21.4 Å². The highest BCUT2D eigenvalue weighted by Crippen LogP contribution is 2.51. The Morgan fingerprint density at radius 3 is 2.40 bits per heavy atom. The smallest absolute Gasteiger partial charge is 0.270 e. The molecular weight excluding hydrogens is 494 g/mol. The molecule has 0 saturated heterocycles. The van der Waals surface area contributed by atoms with E-state index in [2.05, 4.69) is 122 Å². The molecule has 1 atom stereocenters. The zero-order valence-corrected chi connectivity index (χ0v) is 23.7. The molecule has 0 N–H and O–H groups in total. The van der Waals surface area contributed by atoms with E-state index in [0.717, 1.165) is 23.4 Å². The summed E-state index contributed by atoms with van der Waals surface area (Å²) in [6.07, 6.45) is 7.45. The van der Waals surface area contributed by atoms with Gasteiger partial charge in [-0.3, -0.25) is 10.1 Å². The average molecular weight is 529 g/mol. The van der Waals surface area contributed by atoms with Crippen LogP contribution >= 0.6 is 0 Å². The first-order valence-corrected chi connectivity index (χ1v) is 13.7. The van der Waals surface area contributed by atoms with Crippen molar-refractivity contribution >= 4 is 33.5 Å². The van der Waals surface area contributed by atoms with Crippen molar-refractivity contribution in [1.82, 2.24) is 0 Å². The molecule has 2 aliphatic heterocycles. The molecule has 0 spiro atoms. The van der Waals surface area contributed by atoms with Gasteiger partial charge < -0.3 is 4.90 Å². The zero-order valence-electron chi connectivity index (χ0n) is 23.7. The molecular formula is C35H34N3O2+. The van der Waals surface area contributed by atoms with Crippen LogP contribution in [-0.2, 0) is 17.3 Å². The Kier molecular flexibility index (Phi) is 5.99. The van der Waals surface area contributed by atoms with Gasteiger partial charge in [-0.25, -0.2) is 0 Å². The molecule has 0 fully saturated rings. The lowest BCUT2D eigenvalue weighted by Crippen LogP contribution is -2.29. The fourth-order valence-corrected chi connectivity index (χ4v) is 6.84. The van der Waals surface area contributed by atoms with Crippen molar-refractivity contribution in [3.63, 3.8) is 0 Å². The summed E-state index contributed by atoms with van der Waals surface area (Å²) in [4.78, 5) is 13.5. The van der Waals surface area contributed by atoms with Crippen LogP contribution in [0.5, 0.6) is 0 Å². The SMILES string of the molecule is CN1C(=CC=CC2=[N+](C)c3ccc([N+](=O)[O-])cc3C2(C)C)C(C)(Cc2ccccc2)c2ccc3ccccc3c21. The molecule has 6 rings (SSSR count). The Labute approximate surface area is 235 Å². The van der Waals surface area contributed by atoms with Crippen LogP contribution in [0.15, 0.2) is 109 Å². The molecule has 0 saturated carbocycles. The van der Waals surface area contributed by atoms with Gasteiger partial charge in [0.25, 0.3) is 5.69 Å². The van der Waals surface area contributed by atoms with Gasteiger partial charge in [0.15, 0.2) is 5.71 Å². The highest BCUT2D eigenvalue weighted by atomic mass is 16.6. The van der Waals surface area contributed by atoms with Gasteiger partial charge in [-0.15, -0.1) is 0 Å². The van der Waals surface area contributed by atoms with Gasteiger partial charge in [-0.1, -0.05) is 72.8 Å². The quantitative estimate of drug-likeness (QED) is 0.151. The van der Waals surface area contributed by atoms with Crippen LogP contribution in [0.25, 0.3) is 10.8 Å². The summed E-state index contributed by atoms with van der Waals surface area (Å²) >= 11 is 0. The zero-order chi connectivity index (χ0) is 28.2. The third kappa shape index (κ3) is 3.88. The topological polar surface area (TPSA) is 49.4 Å². The molecule has 5 heteroatoms. The minimum atomic E-state index is -0.362. The molecule has 0 radical (unpaired) electrons. The van der Waals surface area contributed by atoms with E-state index in [0.29, 0.717) is 0 Å². The molecule has 2 heterocycles. The van der Waals surface area contributed by atoms with E-state index in [9.17, 15) is 10.1 Å². The lowest BCUT2D eigenvalue weighted by Gasteiger charge is -2.29. The first-order chi connectivity index (χ1) is 19.1. The summed E-state index contributed by atoms with van der Waals surface area (Å²) in [5, 5.41) is 14.0. The van der Waals surface area contributed by atoms with Crippen molar-refractivity contribution in [3.8, 4) is 0 Å². The highest BCUT2D eigenvalue weighted by molar-refractivity contribution is 6.03. The summed E-state index contributed by atoms with van der Waals surface area (Å²) < 4.78 is 2.15. The molecule has 0 aromatic heterocycles. The molecule has 5 nitrogen and oxygen atoms in total. The van der Waals surface area contributed by atoms with Gasteiger partial charge in [0.05, 0.1) is 16.0 Å². The Hall–Kier alpha value is -4.51. The second-order valence-corrected chi connectivity index (χ2v) is 11.7. The molecule has 0 bridgehead atoms. The normalized spacial score (nSPS) is 20.5. The fourth-order valence-electron chi connectivity index (χ4n) is 6.84. The summed E-state index contributed by atoms with van der Waals surface area (Å²) in [6, 6.07) is 29.0. The highest BCUT2D eigenvalue weighted by Gasteiger charge is 2.45. The van der Waals surface area contributed by atoms with Crippen LogP contribution in [0.1, 0.15) is 37.5 Å². The van der Waals surface area contributed by atoms with E-state index < -0.39 is 0 Å². The molecule has 0 amide bonds. The summed E-state index contributed by atoms with van der Waals surface area (Å²) in [5.74, 6) is 0. The predicted molar refractivity (Wildman–Crippen MR) is 164 cm³/mol. The second-order valence-electron chi connectivity index (χ2n) is 11.7. The second kappa shape index (κ2) is 9.30. The predicted octanol–water partition coefficient (Wildman–Crippen LogP) is 7.84. The Morgan fingerprint density at radius 2 is 1.65 bits per heavy atom. The van der Waals surface area contributed by atoms with Crippen LogP contribution in [-0.4, -0.2) is 29.3 Å². The number of anilines is 1. The monoisotopic (exact) mass is 528 g/mol. The van der Waals surface area contributed by atoms with E-state index >= 15 is 0 Å². The molecule has 4 aromatic carbocycles. The van der Waals surface area contributed by atoms with Crippen LogP contribution in [0.4, 0.5) is 17.1 Å². The summed E-state index contributed by atoms with van der Waals surface area (Å²) in [7, 11) is 4.21. The lowest BCUT2D eigenvalue weighted by molar-refractivity contribution is -0.402. The number of nitro groups is 1. The van der Waals surface area contributed by atoms with Crippen LogP contribution in [0, 0.1) is 10.1 Å². The number of hydrogen-bond acceptors (Lipinski definition) is 3. The third-order valence-corrected chi connectivity index (χ3v) is 8.89. The molecule has 1 unspecified atom stereocenters. The summed E-state index contributed by atoms with van der Waals surface area (Å²) in [6.45, 7) is 6.62. The van der Waals surface area contributed by atoms with Crippen molar-refractivity contribution in [2.45, 2.75) is 38.0 Å². The summed E-state index contributed by atoms with van der Waals surface area (Å²) in [5.41, 5.74) is 7.78. The first kappa shape index (κ1) is 25.8. The van der Waals surface area contributed by atoms with Crippen molar-refractivity contribution in [2.24, 2.45) is 0 Å². The number of likely N-dealkylation sites (N-methyl/N-ethyl adjacent to an activating group) is 1. The minimum absolute atomic E-state index is 0.127. The Morgan fingerprint density at radius 1 is 0.925 bits per heavy atom. The number of nitro benzene ring substituents is 1. The minimum Gasteiger partial charge on any atom is -0.347 e. The number of benzene rings is 4. The van der Waals surface area contributed by atoms with Gasteiger partial charge >= 0.3 is 0 Å². The van der Waals surface area contributed by atoms with Crippen molar-refractivity contribution < 1.29 is 9.50 Å². The Balaban J connectivity index is 1.44. The van der Waals surface area contributed by atoms with Gasteiger partial charge in [-0.2, -0.15) is 4.58 Å². The van der Waals surface area contributed by atoms with E-state index in [4.69, 9.17) is 0 Å². The van der Waals surface area contributed by atoms with E-state index in [1.165, 1.54) is 33.3 Å². The van der Waals surface area contributed by atoms with Gasteiger partial charge in [-0.05, 0) is 49.8 Å². The first-order valence-electron chi connectivity index (χ1n) is 13.7. The van der Waals surface area contributed by atoms with Crippen LogP contribution < -0.4 is 4.90 Å². The number of allylic oxidation sites excluding steroid dienone is 4. The Bertz CT molecular complexity index is 1760. The number of hydrogen-bond donors (Lipinski definition) is 0. The fraction of sp³-hybridized carbons (Fsp3) is 0.229. The maximum absolute atomic E-state index is 11.5. The molecule has 200 valence electrons. The van der Waals surface area contributed by atoms with E-state index in [1.807, 2.05) is 13.1 Å². The number of rotatable bonds is 5. The van der Waals surface area contributed by atoms with E-state index in [1.54, 1.807) is 12.1 Å². The number of non-ortho nitro benzene ring substituents is 1. The van der Waals surface area contributed by atoms with Crippen molar-refractivity contribution in [2.75, 3.05) is 19.0 Å². The van der Waals surface area contributed by atoms with Gasteiger partial charge in [0.2, 0.25) is 5.69 Å².